The summed E-state index contributed by atoms with van der Waals surface area (Å²) in [5.74, 6) is 0. The molecule has 0 saturated carbocycles. The third kappa shape index (κ3) is 2.28. The van der Waals surface area contributed by atoms with Gasteiger partial charge in [-0.15, -0.1) is 0 Å². The minimum Gasteiger partial charge on any atom is -0.399 e. The van der Waals surface area contributed by atoms with Gasteiger partial charge in [-0.1, -0.05) is 40.2 Å². The van der Waals surface area contributed by atoms with Crippen molar-refractivity contribution in [3.8, 4) is 0 Å². The van der Waals surface area contributed by atoms with Gasteiger partial charge in [0.2, 0.25) is 0 Å². The number of nitrogens with zero attached hydrogens (tertiary/aromatic N) is 1. The first-order valence-corrected chi connectivity index (χ1v) is 6.85. The second-order valence-electron chi connectivity index (χ2n) is 4.76. The van der Waals surface area contributed by atoms with Crippen molar-refractivity contribution >= 4 is 21.6 Å². The second kappa shape index (κ2) is 4.75. The largest absolute Gasteiger partial charge is 0.399 e. The third-order valence-corrected chi connectivity index (χ3v) is 4.14. The number of hydrogen-bond acceptors (Lipinski definition) is 2. The summed E-state index contributed by atoms with van der Waals surface area (Å²) in [6.45, 7) is 2.98. The Labute approximate surface area is 116 Å². The normalized spacial score (nSPS) is 14.7. The molecule has 0 atom stereocenters. The molecular weight excluding hydrogens is 288 g/mol. The van der Waals surface area contributed by atoms with Crippen LogP contribution in [0.5, 0.6) is 0 Å². The van der Waals surface area contributed by atoms with Crippen LogP contribution in [0.4, 0.5) is 5.69 Å². The molecule has 1 aliphatic heterocycles. The minimum atomic E-state index is 0.824. The lowest BCUT2D eigenvalue weighted by molar-refractivity contribution is 0.275. The van der Waals surface area contributed by atoms with Gasteiger partial charge in [0.05, 0.1) is 0 Å². The molecule has 2 aromatic rings. The summed E-state index contributed by atoms with van der Waals surface area (Å²) in [6.07, 6.45) is 0. The van der Waals surface area contributed by atoms with Crippen LogP contribution in [0.3, 0.4) is 0 Å². The lowest BCUT2D eigenvalue weighted by atomic mass is 10.1. The number of halogens is 1. The predicted molar refractivity (Wildman–Crippen MR) is 77.9 cm³/mol. The van der Waals surface area contributed by atoms with Crippen LogP contribution in [-0.4, -0.2) is 4.90 Å². The van der Waals surface area contributed by atoms with Gasteiger partial charge < -0.3 is 5.73 Å². The van der Waals surface area contributed by atoms with E-state index in [9.17, 15) is 0 Å². The number of anilines is 1. The van der Waals surface area contributed by atoms with Gasteiger partial charge >= 0.3 is 0 Å². The van der Waals surface area contributed by atoms with E-state index < -0.39 is 0 Å². The van der Waals surface area contributed by atoms with Crippen LogP contribution in [0.15, 0.2) is 46.9 Å². The molecule has 0 amide bonds. The van der Waals surface area contributed by atoms with Crippen molar-refractivity contribution in [3.63, 3.8) is 0 Å². The molecule has 18 heavy (non-hydrogen) atoms. The highest BCUT2D eigenvalue weighted by molar-refractivity contribution is 9.10. The molecular formula is C15H15BrN2. The summed E-state index contributed by atoms with van der Waals surface area (Å²) in [5, 5.41) is 0. The van der Waals surface area contributed by atoms with Crippen molar-refractivity contribution in [2.45, 2.75) is 19.6 Å². The van der Waals surface area contributed by atoms with Gasteiger partial charge in [-0.25, -0.2) is 0 Å². The van der Waals surface area contributed by atoms with E-state index in [0.29, 0.717) is 0 Å². The standard InChI is InChI=1S/C15H15BrN2/c16-15-6-5-14(17)7-13(15)10-18-8-11-3-1-2-4-12(11)9-18/h1-7H,8-10,17H2. The Morgan fingerprint density at radius 1 is 1.06 bits per heavy atom. The van der Waals surface area contributed by atoms with Crippen molar-refractivity contribution in [2.75, 3.05) is 5.73 Å². The Kier molecular flexibility index (Phi) is 3.10. The van der Waals surface area contributed by atoms with E-state index >= 15 is 0 Å². The smallest absolute Gasteiger partial charge is 0.0318 e. The van der Waals surface area contributed by atoms with Gasteiger partial charge in [0, 0.05) is 29.8 Å². The average Bonchev–Trinajstić information content (AvgIpc) is 2.76. The molecule has 0 saturated heterocycles. The van der Waals surface area contributed by atoms with Crippen molar-refractivity contribution in [3.05, 3.63) is 63.6 Å². The Hall–Kier alpha value is -1.32. The lowest BCUT2D eigenvalue weighted by Gasteiger charge is -2.16. The number of benzene rings is 2. The van der Waals surface area contributed by atoms with Gasteiger partial charge in [-0.05, 0) is 34.9 Å². The maximum absolute atomic E-state index is 5.85. The van der Waals surface area contributed by atoms with Crippen molar-refractivity contribution in [2.24, 2.45) is 0 Å². The molecule has 92 valence electrons. The van der Waals surface area contributed by atoms with E-state index in [2.05, 4.69) is 45.1 Å². The SMILES string of the molecule is Nc1ccc(Br)c(CN2Cc3ccccc3C2)c1. The number of hydrogen-bond donors (Lipinski definition) is 1. The number of fused-ring (bicyclic) bond motifs is 1. The third-order valence-electron chi connectivity index (χ3n) is 3.37. The molecule has 0 unspecified atom stereocenters. The van der Waals surface area contributed by atoms with Crippen LogP contribution < -0.4 is 5.73 Å². The zero-order valence-corrected chi connectivity index (χ0v) is 11.7. The fourth-order valence-electron chi connectivity index (χ4n) is 2.47. The maximum atomic E-state index is 5.85. The Morgan fingerprint density at radius 3 is 2.39 bits per heavy atom. The van der Waals surface area contributed by atoms with Gasteiger partial charge in [-0.3, -0.25) is 4.90 Å². The molecule has 2 nitrogen and oxygen atoms in total. The van der Waals surface area contributed by atoms with Crippen molar-refractivity contribution in [1.29, 1.82) is 0 Å². The Morgan fingerprint density at radius 2 is 1.72 bits per heavy atom. The summed E-state index contributed by atoms with van der Waals surface area (Å²) in [6, 6.07) is 14.6. The van der Waals surface area contributed by atoms with Crippen LogP contribution in [-0.2, 0) is 19.6 Å². The summed E-state index contributed by atoms with van der Waals surface area (Å²) in [4.78, 5) is 2.43. The lowest BCUT2D eigenvalue weighted by Crippen LogP contribution is -2.16. The molecule has 1 aliphatic rings. The fourth-order valence-corrected chi connectivity index (χ4v) is 2.84. The minimum absolute atomic E-state index is 0.824. The number of nitrogens with two attached hydrogens (primary N) is 1. The Bertz CT molecular complexity index is 555. The number of rotatable bonds is 2. The fraction of sp³-hybridized carbons (Fsp3) is 0.200. The van der Waals surface area contributed by atoms with E-state index in [1.54, 1.807) is 0 Å². The molecule has 0 aromatic heterocycles. The first-order valence-electron chi connectivity index (χ1n) is 6.05. The highest BCUT2D eigenvalue weighted by atomic mass is 79.9. The molecule has 0 fully saturated rings. The molecule has 3 heteroatoms. The van der Waals surface area contributed by atoms with E-state index in [0.717, 1.165) is 29.8 Å². The Balaban J connectivity index is 1.78. The molecule has 2 N–H and O–H groups in total. The van der Waals surface area contributed by atoms with E-state index in [4.69, 9.17) is 5.73 Å². The average molecular weight is 303 g/mol. The van der Waals surface area contributed by atoms with Crippen LogP contribution in [0.2, 0.25) is 0 Å². The monoisotopic (exact) mass is 302 g/mol. The van der Waals surface area contributed by atoms with Gasteiger partial charge in [-0.2, -0.15) is 0 Å². The first kappa shape index (κ1) is 11.8. The summed E-state index contributed by atoms with van der Waals surface area (Å²) in [5.41, 5.74) is 10.8. The van der Waals surface area contributed by atoms with Crippen molar-refractivity contribution < 1.29 is 0 Å². The van der Waals surface area contributed by atoms with Gasteiger partial charge in [0.25, 0.3) is 0 Å². The molecule has 0 bridgehead atoms. The highest BCUT2D eigenvalue weighted by Crippen LogP contribution is 2.27. The molecule has 0 aliphatic carbocycles. The zero-order valence-electron chi connectivity index (χ0n) is 10.1. The van der Waals surface area contributed by atoms with Crippen LogP contribution in [0.25, 0.3) is 0 Å². The quantitative estimate of drug-likeness (QED) is 0.860. The predicted octanol–water partition coefficient (Wildman–Crippen LogP) is 3.55. The summed E-state index contributed by atoms with van der Waals surface area (Å²) in [7, 11) is 0. The first-order chi connectivity index (χ1) is 8.72. The van der Waals surface area contributed by atoms with E-state index in [-0.39, 0.29) is 0 Å². The van der Waals surface area contributed by atoms with Gasteiger partial charge in [0.1, 0.15) is 0 Å². The van der Waals surface area contributed by atoms with E-state index in [1.165, 1.54) is 16.7 Å². The van der Waals surface area contributed by atoms with Crippen LogP contribution >= 0.6 is 15.9 Å². The topological polar surface area (TPSA) is 29.3 Å². The molecule has 0 radical (unpaired) electrons. The number of nitrogen functional groups attached to an aromatic ring is 1. The summed E-state index contributed by atoms with van der Waals surface area (Å²) < 4.78 is 1.13. The highest BCUT2D eigenvalue weighted by Gasteiger charge is 2.18. The molecule has 0 spiro atoms. The zero-order chi connectivity index (χ0) is 12.5. The molecule has 3 rings (SSSR count). The molecule has 2 aromatic carbocycles. The van der Waals surface area contributed by atoms with Crippen LogP contribution in [0.1, 0.15) is 16.7 Å². The van der Waals surface area contributed by atoms with Crippen molar-refractivity contribution in [1.82, 2.24) is 4.90 Å². The summed E-state index contributed by atoms with van der Waals surface area (Å²) >= 11 is 3.59. The van der Waals surface area contributed by atoms with E-state index in [1.807, 2.05) is 18.2 Å². The molecule has 1 heterocycles. The van der Waals surface area contributed by atoms with Crippen LogP contribution in [0, 0.1) is 0 Å². The van der Waals surface area contributed by atoms with Gasteiger partial charge in [0.15, 0.2) is 0 Å². The second-order valence-corrected chi connectivity index (χ2v) is 5.62. The maximum Gasteiger partial charge on any atom is 0.0318 e.